The Hall–Kier alpha value is -3.07. The Morgan fingerprint density at radius 1 is 1.06 bits per heavy atom. The van der Waals surface area contributed by atoms with Crippen LogP contribution in [0.25, 0.3) is 5.69 Å². The largest absolute Gasteiger partial charge is 0.507 e. The summed E-state index contributed by atoms with van der Waals surface area (Å²) in [5.41, 5.74) is 2.86. The van der Waals surface area contributed by atoms with Crippen LogP contribution in [0.1, 0.15) is 17.0 Å². The molecular formula is C24H24ClN5O2S. The molecule has 0 aliphatic heterocycles. The van der Waals surface area contributed by atoms with Gasteiger partial charge in [0.25, 0.3) is 0 Å². The molecule has 4 aromatic rings. The van der Waals surface area contributed by atoms with E-state index >= 15 is 0 Å². The zero-order chi connectivity index (χ0) is 23.2. The van der Waals surface area contributed by atoms with E-state index in [1.165, 1.54) is 0 Å². The predicted octanol–water partition coefficient (Wildman–Crippen LogP) is 4.95. The Balaban J connectivity index is 1.57. The molecule has 2 aromatic carbocycles. The van der Waals surface area contributed by atoms with E-state index in [1.54, 1.807) is 37.3 Å². The van der Waals surface area contributed by atoms with Gasteiger partial charge in [0.15, 0.2) is 11.0 Å². The molecule has 170 valence electrons. The van der Waals surface area contributed by atoms with Gasteiger partial charge in [0.2, 0.25) is 0 Å². The summed E-state index contributed by atoms with van der Waals surface area (Å²) >= 11 is 7.88. The van der Waals surface area contributed by atoms with Gasteiger partial charge in [-0.15, -0.1) is 10.2 Å². The molecule has 0 fully saturated rings. The van der Waals surface area contributed by atoms with E-state index in [9.17, 15) is 5.11 Å². The lowest BCUT2D eigenvalue weighted by Crippen LogP contribution is -2.20. The quantitative estimate of drug-likeness (QED) is 0.339. The summed E-state index contributed by atoms with van der Waals surface area (Å²) in [6.45, 7) is 1.07. The van der Waals surface area contributed by atoms with Crippen LogP contribution < -0.4 is 4.74 Å². The standard InChI is InChI=1S/C24H24ClN5O2S/c1-29(14-18-6-7-21(32-2)13-22(18)31)15-23-27-28-24(33-16-17-8-10-26-11-9-17)30(23)20-5-3-4-19(25)12-20/h3-13,31H,14-16H2,1-2H3. The van der Waals surface area contributed by atoms with E-state index in [-0.39, 0.29) is 5.75 Å². The lowest BCUT2D eigenvalue weighted by Gasteiger charge is -2.18. The molecule has 0 amide bonds. The van der Waals surface area contributed by atoms with Crippen molar-refractivity contribution < 1.29 is 9.84 Å². The molecule has 7 nitrogen and oxygen atoms in total. The van der Waals surface area contributed by atoms with Crippen molar-refractivity contribution in [3.8, 4) is 17.2 Å². The first-order valence-corrected chi connectivity index (χ1v) is 11.7. The highest BCUT2D eigenvalue weighted by atomic mass is 35.5. The molecule has 2 heterocycles. The van der Waals surface area contributed by atoms with Gasteiger partial charge in [-0.3, -0.25) is 14.5 Å². The molecule has 0 atom stereocenters. The van der Waals surface area contributed by atoms with E-state index in [1.807, 2.05) is 60.1 Å². The van der Waals surface area contributed by atoms with Gasteiger partial charge in [-0.1, -0.05) is 35.5 Å². The number of phenols is 1. The van der Waals surface area contributed by atoms with Crippen LogP contribution in [0.2, 0.25) is 5.02 Å². The number of phenolic OH excluding ortho intramolecular Hbond substituents is 1. The van der Waals surface area contributed by atoms with Gasteiger partial charge < -0.3 is 9.84 Å². The number of nitrogens with zero attached hydrogens (tertiary/aromatic N) is 5. The molecule has 9 heteroatoms. The second-order valence-corrected chi connectivity index (χ2v) is 8.90. The van der Waals surface area contributed by atoms with E-state index in [4.69, 9.17) is 16.3 Å². The summed E-state index contributed by atoms with van der Waals surface area (Å²) < 4.78 is 7.20. The minimum Gasteiger partial charge on any atom is -0.507 e. The van der Waals surface area contributed by atoms with Gasteiger partial charge in [-0.2, -0.15) is 0 Å². The molecule has 0 unspecified atom stereocenters. The fourth-order valence-electron chi connectivity index (χ4n) is 3.39. The molecule has 0 spiro atoms. The molecule has 0 saturated heterocycles. The number of ether oxygens (including phenoxy) is 1. The Kier molecular flexibility index (Phi) is 7.49. The number of aromatic hydroxyl groups is 1. The number of aromatic nitrogens is 4. The van der Waals surface area contributed by atoms with E-state index in [0.29, 0.717) is 23.9 Å². The summed E-state index contributed by atoms with van der Waals surface area (Å²) in [4.78, 5) is 6.15. The van der Waals surface area contributed by atoms with Crippen LogP contribution in [0.4, 0.5) is 0 Å². The van der Waals surface area contributed by atoms with E-state index < -0.39 is 0 Å². The molecule has 0 bridgehead atoms. The maximum atomic E-state index is 10.3. The van der Waals surface area contributed by atoms with Crippen LogP contribution in [0.15, 0.2) is 72.1 Å². The molecule has 2 aromatic heterocycles. The molecule has 4 rings (SSSR count). The van der Waals surface area contributed by atoms with Gasteiger partial charge in [0.05, 0.1) is 19.3 Å². The molecule has 0 saturated carbocycles. The first-order chi connectivity index (χ1) is 16.0. The van der Waals surface area contributed by atoms with Crippen LogP contribution in [0.3, 0.4) is 0 Å². The monoisotopic (exact) mass is 481 g/mol. The minimum absolute atomic E-state index is 0.200. The Labute approximate surface area is 202 Å². The summed E-state index contributed by atoms with van der Waals surface area (Å²) in [6.07, 6.45) is 3.57. The molecule has 1 N–H and O–H groups in total. The highest BCUT2D eigenvalue weighted by Crippen LogP contribution is 2.28. The fraction of sp³-hybridized carbons (Fsp3) is 0.208. The fourth-order valence-corrected chi connectivity index (χ4v) is 4.50. The first kappa shape index (κ1) is 23.1. The lowest BCUT2D eigenvalue weighted by atomic mass is 10.2. The molecule has 0 aliphatic carbocycles. The third-order valence-electron chi connectivity index (χ3n) is 5.03. The van der Waals surface area contributed by atoms with Crippen molar-refractivity contribution in [2.75, 3.05) is 14.2 Å². The molecule has 0 radical (unpaired) electrons. The first-order valence-electron chi connectivity index (χ1n) is 10.3. The number of benzene rings is 2. The average Bonchev–Trinajstić information content (AvgIpc) is 3.21. The van der Waals surface area contributed by atoms with Crippen LogP contribution in [0, 0.1) is 0 Å². The number of halogens is 1. The van der Waals surface area contributed by atoms with E-state index in [0.717, 1.165) is 33.5 Å². The second kappa shape index (κ2) is 10.7. The van der Waals surface area contributed by atoms with Crippen LogP contribution in [0.5, 0.6) is 11.5 Å². The maximum Gasteiger partial charge on any atom is 0.196 e. The van der Waals surface area contributed by atoms with Gasteiger partial charge in [-0.05, 0) is 49.0 Å². The van der Waals surface area contributed by atoms with Crippen molar-refractivity contribution in [2.45, 2.75) is 24.0 Å². The maximum absolute atomic E-state index is 10.3. The summed E-state index contributed by atoms with van der Waals surface area (Å²) in [6, 6.07) is 16.9. The minimum atomic E-state index is 0.200. The van der Waals surface area contributed by atoms with Crippen molar-refractivity contribution >= 4 is 23.4 Å². The number of hydrogen-bond acceptors (Lipinski definition) is 7. The number of hydrogen-bond donors (Lipinski definition) is 1. The highest BCUT2D eigenvalue weighted by Gasteiger charge is 2.17. The van der Waals surface area contributed by atoms with Gasteiger partial charge in [0, 0.05) is 41.3 Å². The number of methoxy groups -OCH3 is 1. The molecular weight excluding hydrogens is 458 g/mol. The average molecular weight is 482 g/mol. The number of pyridine rings is 1. The third-order valence-corrected chi connectivity index (χ3v) is 6.26. The number of thioether (sulfide) groups is 1. The number of rotatable bonds is 9. The van der Waals surface area contributed by atoms with Crippen molar-refractivity contribution in [3.63, 3.8) is 0 Å². The highest BCUT2D eigenvalue weighted by molar-refractivity contribution is 7.98. The summed E-state index contributed by atoms with van der Waals surface area (Å²) in [7, 11) is 3.55. The van der Waals surface area contributed by atoms with Crippen molar-refractivity contribution in [3.05, 3.63) is 89.0 Å². The smallest absolute Gasteiger partial charge is 0.196 e. The van der Waals surface area contributed by atoms with Crippen molar-refractivity contribution in [2.24, 2.45) is 0 Å². The lowest BCUT2D eigenvalue weighted by molar-refractivity contribution is 0.301. The van der Waals surface area contributed by atoms with Gasteiger partial charge >= 0.3 is 0 Å². The van der Waals surface area contributed by atoms with Gasteiger partial charge in [-0.25, -0.2) is 0 Å². The molecule has 0 aliphatic rings. The van der Waals surface area contributed by atoms with Crippen molar-refractivity contribution in [1.82, 2.24) is 24.6 Å². The van der Waals surface area contributed by atoms with Crippen molar-refractivity contribution in [1.29, 1.82) is 0 Å². The van der Waals surface area contributed by atoms with Crippen LogP contribution in [-0.4, -0.2) is 43.9 Å². The zero-order valence-corrected chi connectivity index (χ0v) is 19.9. The Morgan fingerprint density at radius 2 is 1.88 bits per heavy atom. The van der Waals surface area contributed by atoms with E-state index in [2.05, 4.69) is 20.1 Å². The Bertz CT molecular complexity index is 1220. The Morgan fingerprint density at radius 3 is 2.61 bits per heavy atom. The SMILES string of the molecule is COc1ccc(CN(C)Cc2nnc(SCc3ccncc3)n2-c2cccc(Cl)c2)c(O)c1. The third kappa shape index (κ3) is 5.84. The summed E-state index contributed by atoms with van der Waals surface area (Å²) in [5.74, 6) is 2.35. The normalized spacial score (nSPS) is 11.2. The van der Waals surface area contributed by atoms with Gasteiger partial charge in [0.1, 0.15) is 11.5 Å². The van der Waals surface area contributed by atoms with Crippen LogP contribution in [-0.2, 0) is 18.8 Å². The predicted molar refractivity (Wildman–Crippen MR) is 130 cm³/mol. The zero-order valence-electron chi connectivity index (χ0n) is 18.3. The second-order valence-electron chi connectivity index (χ2n) is 7.53. The molecule has 33 heavy (non-hydrogen) atoms. The van der Waals surface area contributed by atoms with Crippen LogP contribution >= 0.6 is 23.4 Å². The summed E-state index contributed by atoms with van der Waals surface area (Å²) in [5, 5.41) is 20.7. The topological polar surface area (TPSA) is 76.3 Å².